The molecule has 0 aromatic heterocycles. The van der Waals surface area contributed by atoms with Gasteiger partial charge in [0.15, 0.2) is 0 Å². The van der Waals surface area contributed by atoms with E-state index < -0.39 is 0 Å². The molecule has 2 rings (SSSR count). The van der Waals surface area contributed by atoms with E-state index >= 15 is 0 Å². The van der Waals surface area contributed by atoms with Crippen LogP contribution in [0.4, 0.5) is 0 Å². The average molecular weight is 251 g/mol. The average Bonchev–Trinajstić information content (AvgIpc) is 2.71. The van der Waals surface area contributed by atoms with E-state index in [2.05, 4.69) is 46.9 Å². The fourth-order valence-electron chi connectivity index (χ4n) is 4.51. The standard InChI is InChI=1S/C17H33N/c1-7-13-8-10-17(11-9-13)14(16(17,5)6)12-18-15(2,3)4/h13-14,18H,7-12H2,1-6H3. The molecular formula is C17H33N. The van der Waals surface area contributed by atoms with Crippen LogP contribution in [0, 0.1) is 22.7 Å². The molecule has 1 heteroatoms. The third-order valence-corrected chi connectivity index (χ3v) is 6.15. The highest BCUT2D eigenvalue weighted by Gasteiger charge is 2.69. The van der Waals surface area contributed by atoms with Gasteiger partial charge in [-0.15, -0.1) is 0 Å². The lowest BCUT2D eigenvalue weighted by molar-refractivity contribution is 0.203. The van der Waals surface area contributed by atoms with E-state index in [1.807, 2.05) is 0 Å². The topological polar surface area (TPSA) is 12.0 Å². The normalized spacial score (nSPS) is 39.0. The van der Waals surface area contributed by atoms with Crippen molar-refractivity contribution in [1.82, 2.24) is 5.32 Å². The molecule has 1 unspecified atom stereocenters. The summed E-state index contributed by atoms with van der Waals surface area (Å²) < 4.78 is 0. The predicted octanol–water partition coefficient (Wildman–Crippen LogP) is 4.62. The van der Waals surface area contributed by atoms with E-state index in [1.54, 1.807) is 0 Å². The molecule has 2 fully saturated rings. The Kier molecular flexibility index (Phi) is 3.60. The predicted molar refractivity (Wildman–Crippen MR) is 79.7 cm³/mol. The maximum atomic E-state index is 3.74. The Morgan fingerprint density at radius 2 is 1.67 bits per heavy atom. The Balaban J connectivity index is 1.94. The summed E-state index contributed by atoms with van der Waals surface area (Å²) >= 11 is 0. The molecule has 1 atom stereocenters. The van der Waals surface area contributed by atoms with Gasteiger partial charge in [-0.3, -0.25) is 0 Å². The minimum absolute atomic E-state index is 0.264. The summed E-state index contributed by atoms with van der Waals surface area (Å²) in [4.78, 5) is 0. The largest absolute Gasteiger partial charge is 0.312 e. The zero-order valence-electron chi connectivity index (χ0n) is 13.4. The molecule has 1 nitrogen and oxygen atoms in total. The molecule has 0 saturated heterocycles. The molecule has 0 amide bonds. The van der Waals surface area contributed by atoms with Crippen molar-refractivity contribution in [3.05, 3.63) is 0 Å². The summed E-state index contributed by atoms with van der Waals surface area (Å²) in [5.41, 5.74) is 1.52. The zero-order chi connectivity index (χ0) is 13.6. The lowest BCUT2D eigenvalue weighted by Gasteiger charge is -2.31. The Morgan fingerprint density at radius 1 is 1.11 bits per heavy atom. The molecule has 18 heavy (non-hydrogen) atoms. The number of hydrogen-bond acceptors (Lipinski definition) is 1. The first-order valence-electron chi connectivity index (χ1n) is 7.98. The third-order valence-electron chi connectivity index (χ3n) is 6.15. The van der Waals surface area contributed by atoms with Crippen molar-refractivity contribution in [2.24, 2.45) is 22.7 Å². The van der Waals surface area contributed by atoms with E-state index in [9.17, 15) is 0 Å². The Bertz CT molecular complexity index is 289. The number of nitrogens with one attached hydrogen (secondary N) is 1. The van der Waals surface area contributed by atoms with Crippen molar-refractivity contribution in [2.75, 3.05) is 6.54 Å². The lowest BCUT2D eigenvalue weighted by Crippen LogP contribution is -2.38. The van der Waals surface area contributed by atoms with Gasteiger partial charge in [-0.2, -0.15) is 0 Å². The van der Waals surface area contributed by atoms with E-state index in [1.165, 1.54) is 38.6 Å². The van der Waals surface area contributed by atoms with Crippen molar-refractivity contribution < 1.29 is 0 Å². The maximum Gasteiger partial charge on any atom is 0.00966 e. The molecular weight excluding hydrogens is 218 g/mol. The van der Waals surface area contributed by atoms with Gasteiger partial charge in [0.25, 0.3) is 0 Å². The third kappa shape index (κ3) is 2.35. The molecule has 0 radical (unpaired) electrons. The number of hydrogen-bond donors (Lipinski definition) is 1. The summed E-state index contributed by atoms with van der Waals surface area (Å²) in [6.07, 6.45) is 7.31. The Hall–Kier alpha value is -0.0400. The molecule has 106 valence electrons. The van der Waals surface area contributed by atoms with Crippen molar-refractivity contribution in [3.63, 3.8) is 0 Å². The van der Waals surface area contributed by atoms with E-state index in [-0.39, 0.29) is 5.54 Å². The molecule has 2 aliphatic carbocycles. The van der Waals surface area contributed by atoms with E-state index in [0.717, 1.165) is 11.8 Å². The van der Waals surface area contributed by atoms with Crippen LogP contribution in [0.2, 0.25) is 0 Å². The molecule has 2 aliphatic rings. The Labute approximate surface area is 114 Å². The second-order valence-electron chi connectivity index (χ2n) is 8.41. The van der Waals surface area contributed by atoms with Gasteiger partial charge >= 0.3 is 0 Å². The minimum atomic E-state index is 0.264. The highest BCUT2D eigenvalue weighted by Crippen LogP contribution is 2.74. The lowest BCUT2D eigenvalue weighted by atomic mass is 9.75. The van der Waals surface area contributed by atoms with Crippen LogP contribution < -0.4 is 5.32 Å². The second kappa shape index (κ2) is 4.51. The minimum Gasteiger partial charge on any atom is -0.312 e. The quantitative estimate of drug-likeness (QED) is 0.772. The summed E-state index contributed by atoms with van der Waals surface area (Å²) in [7, 11) is 0. The van der Waals surface area contributed by atoms with Gasteiger partial charge in [0.2, 0.25) is 0 Å². The van der Waals surface area contributed by atoms with Gasteiger partial charge < -0.3 is 5.32 Å². The first kappa shape index (κ1) is 14.4. The Morgan fingerprint density at radius 3 is 2.11 bits per heavy atom. The van der Waals surface area contributed by atoms with Gasteiger partial charge in [0.1, 0.15) is 0 Å². The molecule has 0 aliphatic heterocycles. The highest BCUT2D eigenvalue weighted by molar-refractivity contribution is 5.18. The van der Waals surface area contributed by atoms with Crippen LogP contribution in [-0.2, 0) is 0 Å². The van der Waals surface area contributed by atoms with Crippen LogP contribution >= 0.6 is 0 Å². The summed E-state index contributed by atoms with van der Waals surface area (Å²) in [6, 6.07) is 0. The van der Waals surface area contributed by atoms with Crippen LogP contribution in [0.3, 0.4) is 0 Å². The van der Waals surface area contributed by atoms with Gasteiger partial charge in [-0.25, -0.2) is 0 Å². The SMILES string of the molecule is CCC1CCC2(CC1)C(CNC(C)(C)C)C2(C)C. The van der Waals surface area contributed by atoms with Crippen LogP contribution in [0.5, 0.6) is 0 Å². The summed E-state index contributed by atoms with van der Waals surface area (Å²) in [5.74, 6) is 1.92. The molecule has 1 N–H and O–H groups in total. The molecule has 0 aromatic rings. The van der Waals surface area contributed by atoms with Crippen molar-refractivity contribution in [2.45, 2.75) is 79.2 Å². The molecule has 0 heterocycles. The van der Waals surface area contributed by atoms with Gasteiger partial charge in [0, 0.05) is 5.54 Å². The number of rotatable bonds is 3. The summed E-state index contributed by atoms with van der Waals surface area (Å²) in [6.45, 7) is 15.4. The van der Waals surface area contributed by atoms with Gasteiger partial charge in [-0.05, 0) is 75.7 Å². The van der Waals surface area contributed by atoms with Crippen LogP contribution in [0.1, 0.15) is 73.6 Å². The van der Waals surface area contributed by atoms with Crippen LogP contribution in [0.15, 0.2) is 0 Å². The maximum absolute atomic E-state index is 3.74. The van der Waals surface area contributed by atoms with Crippen LogP contribution in [-0.4, -0.2) is 12.1 Å². The van der Waals surface area contributed by atoms with E-state index in [0.29, 0.717) is 10.8 Å². The van der Waals surface area contributed by atoms with Gasteiger partial charge in [-0.1, -0.05) is 27.2 Å². The molecule has 0 aromatic carbocycles. The molecule has 1 spiro atoms. The van der Waals surface area contributed by atoms with Crippen LogP contribution in [0.25, 0.3) is 0 Å². The van der Waals surface area contributed by atoms with E-state index in [4.69, 9.17) is 0 Å². The smallest absolute Gasteiger partial charge is 0.00966 e. The first-order chi connectivity index (χ1) is 8.23. The fourth-order valence-corrected chi connectivity index (χ4v) is 4.51. The summed E-state index contributed by atoms with van der Waals surface area (Å²) in [5, 5.41) is 3.74. The monoisotopic (exact) mass is 251 g/mol. The fraction of sp³-hybridized carbons (Fsp3) is 1.00. The zero-order valence-corrected chi connectivity index (χ0v) is 13.4. The van der Waals surface area contributed by atoms with Gasteiger partial charge in [0.05, 0.1) is 0 Å². The molecule has 0 bridgehead atoms. The molecule has 2 saturated carbocycles. The highest BCUT2D eigenvalue weighted by atomic mass is 15.0. The first-order valence-corrected chi connectivity index (χ1v) is 7.98. The van der Waals surface area contributed by atoms with Crippen molar-refractivity contribution >= 4 is 0 Å². The van der Waals surface area contributed by atoms with Crippen molar-refractivity contribution in [1.29, 1.82) is 0 Å². The van der Waals surface area contributed by atoms with Crippen molar-refractivity contribution in [3.8, 4) is 0 Å². The second-order valence-corrected chi connectivity index (χ2v) is 8.41.